The molecule has 0 saturated carbocycles. The molecule has 0 fully saturated rings. The minimum Gasteiger partial charge on any atom is -0.313 e. The number of hydrogen-bond acceptors (Lipinski definition) is 1. The Morgan fingerprint density at radius 1 is 0.900 bits per heavy atom. The third-order valence-corrected chi connectivity index (χ3v) is 4.16. The van der Waals surface area contributed by atoms with E-state index in [-0.39, 0.29) is 0 Å². The Labute approximate surface area is 123 Å². The lowest BCUT2D eigenvalue weighted by Crippen LogP contribution is -2.20. The van der Waals surface area contributed by atoms with Gasteiger partial charge in [-0.2, -0.15) is 0 Å². The third kappa shape index (κ3) is 3.10. The van der Waals surface area contributed by atoms with Crippen molar-refractivity contribution in [2.45, 2.75) is 40.2 Å². The highest BCUT2D eigenvalue weighted by atomic mass is 14.9. The van der Waals surface area contributed by atoms with Gasteiger partial charge in [0.25, 0.3) is 0 Å². The maximum atomic E-state index is 3.48. The van der Waals surface area contributed by atoms with Gasteiger partial charge in [-0.1, -0.05) is 42.0 Å². The summed E-state index contributed by atoms with van der Waals surface area (Å²) in [4.78, 5) is 0. The van der Waals surface area contributed by atoms with Gasteiger partial charge in [0.05, 0.1) is 0 Å². The molecule has 0 spiro atoms. The van der Waals surface area contributed by atoms with Crippen molar-refractivity contribution in [3.05, 3.63) is 69.8 Å². The first-order valence-electron chi connectivity index (χ1n) is 7.32. The molecule has 0 amide bonds. The Hall–Kier alpha value is -1.60. The van der Waals surface area contributed by atoms with Crippen molar-refractivity contribution in [3.8, 4) is 0 Å². The van der Waals surface area contributed by atoms with Gasteiger partial charge in [0, 0.05) is 6.04 Å². The lowest BCUT2D eigenvalue weighted by molar-refractivity contribution is 0.586. The first kappa shape index (κ1) is 14.8. The lowest BCUT2D eigenvalue weighted by Gasteiger charge is -2.21. The summed E-state index contributed by atoms with van der Waals surface area (Å²) in [5.74, 6) is 0. The summed E-state index contributed by atoms with van der Waals surface area (Å²) >= 11 is 0. The fourth-order valence-electron chi connectivity index (χ4n) is 3.08. The molecule has 1 heteroatoms. The van der Waals surface area contributed by atoms with Gasteiger partial charge in [-0.25, -0.2) is 0 Å². The highest BCUT2D eigenvalue weighted by molar-refractivity contribution is 5.39. The Balaban J connectivity index is 2.35. The second-order valence-corrected chi connectivity index (χ2v) is 5.78. The van der Waals surface area contributed by atoms with Gasteiger partial charge in [-0.3, -0.25) is 0 Å². The fraction of sp³-hybridized carbons (Fsp3) is 0.368. The molecule has 1 unspecified atom stereocenters. The van der Waals surface area contributed by atoms with Crippen LogP contribution in [0.2, 0.25) is 0 Å². The van der Waals surface area contributed by atoms with Crippen LogP contribution in [-0.4, -0.2) is 7.05 Å². The van der Waals surface area contributed by atoms with Crippen molar-refractivity contribution in [3.63, 3.8) is 0 Å². The van der Waals surface area contributed by atoms with E-state index in [4.69, 9.17) is 0 Å². The van der Waals surface area contributed by atoms with Gasteiger partial charge >= 0.3 is 0 Å². The van der Waals surface area contributed by atoms with Crippen molar-refractivity contribution in [1.82, 2.24) is 5.32 Å². The van der Waals surface area contributed by atoms with E-state index in [0.29, 0.717) is 6.04 Å². The Kier molecular flexibility index (Phi) is 4.61. The summed E-state index contributed by atoms with van der Waals surface area (Å²) in [6, 6.07) is 13.6. The van der Waals surface area contributed by atoms with Gasteiger partial charge in [0.15, 0.2) is 0 Å². The molecule has 20 heavy (non-hydrogen) atoms. The van der Waals surface area contributed by atoms with E-state index < -0.39 is 0 Å². The first-order valence-corrected chi connectivity index (χ1v) is 7.32. The van der Waals surface area contributed by atoms with Crippen LogP contribution in [0, 0.1) is 27.7 Å². The molecule has 0 heterocycles. The molecule has 0 bridgehead atoms. The topological polar surface area (TPSA) is 12.0 Å². The number of benzene rings is 2. The van der Waals surface area contributed by atoms with Crippen LogP contribution in [-0.2, 0) is 6.42 Å². The molecule has 0 aliphatic rings. The standard InChI is InChI=1S/C19H25N/c1-13-10-15(3)18(16(4)11-13)12-19(20-5)17-9-7-6-8-14(17)2/h6-11,19-20H,12H2,1-5H3. The van der Waals surface area contributed by atoms with E-state index in [0.717, 1.165) is 6.42 Å². The average molecular weight is 267 g/mol. The van der Waals surface area contributed by atoms with E-state index in [1.807, 2.05) is 0 Å². The van der Waals surface area contributed by atoms with Gasteiger partial charge in [-0.05, 0) is 69.0 Å². The largest absolute Gasteiger partial charge is 0.313 e. The van der Waals surface area contributed by atoms with Crippen molar-refractivity contribution in [1.29, 1.82) is 0 Å². The van der Waals surface area contributed by atoms with Gasteiger partial charge < -0.3 is 5.32 Å². The van der Waals surface area contributed by atoms with Gasteiger partial charge in [0.2, 0.25) is 0 Å². The SMILES string of the molecule is CNC(Cc1c(C)cc(C)cc1C)c1ccccc1C. The minimum absolute atomic E-state index is 0.372. The van der Waals surface area contributed by atoms with Gasteiger partial charge in [0.1, 0.15) is 0 Å². The molecular weight excluding hydrogens is 242 g/mol. The number of nitrogens with one attached hydrogen (secondary N) is 1. The molecule has 0 radical (unpaired) electrons. The van der Waals surface area contributed by atoms with Crippen LogP contribution in [0.5, 0.6) is 0 Å². The normalized spacial score (nSPS) is 12.4. The summed E-state index contributed by atoms with van der Waals surface area (Å²) in [5.41, 5.74) is 8.37. The predicted molar refractivity (Wildman–Crippen MR) is 87.3 cm³/mol. The number of rotatable bonds is 4. The molecule has 1 atom stereocenters. The summed E-state index contributed by atoms with van der Waals surface area (Å²) in [6.07, 6.45) is 1.04. The summed E-state index contributed by atoms with van der Waals surface area (Å²) in [5, 5.41) is 3.48. The van der Waals surface area contributed by atoms with E-state index in [2.05, 4.69) is 76.5 Å². The maximum Gasteiger partial charge on any atom is 0.0361 e. The minimum atomic E-state index is 0.372. The highest BCUT2D eigenvalue weighted by Gasteiger charge is 2.15. The first-order chi connectivity index (χ1) is 9.52. The maximum absolute atomic E-state index is 3.48. The molecule has 2 aromatic carbocycles. The van der Waals surface area contributed by atoms with Crippen LogP contribution >= 0.6 is 0 Å². The molecule has 0 aliphatic carbocycles. The van der Waals surface area contributed by atoms with Crippen molar-refractivity contribution >= 4 is 0 Å². The summed E-state index contributed by atoms with van der Waals surface area (Å²) in [7, 11) is 2.05. The Morgan fingerprint density at radius 3 is 2.05 bits per heavy atom. The fourth-order valence-corrected chi connectivity index (χ4v) is 3.08. The van der Waals surface area contributed by atoms with Crippen LogP contribution in [0.25, 0.3) is 0 Å². The van der Waals surface area contributed by atoms with Crippen LogP contribution in [0.4, 0.5) is 0 Å². The zero-order chi connectivity index (χ0) is 14.7. The Morgan fingerprint density at radius 2 is 1.50 bits per heavy atom. The van der Waals surface area contributed by atoms with Crippen molar-refractivity contribution in [2.24, 2.45) is 0 Å². The zero-order valence-corrected chi connectivity index (χ0v) is 13.2. The number of likely N-dealkylation sites (N-methyl/N-ethyl adjacent to an activating group) is 1. The number of hydrogen-bond donors (Lipinski definition) is 1. The van der Waals surface area contributed by atoms with E-state index >= 15 is 0 Å². The monoisotopic (exact) mass is 267 g/mol. The number of aryl methyl sites for hydroxylation is 4. The van der Waals surface area contributed by atoms with Crippen LogP contribution < -0.4 is 5.32 Å². The molecular formula is C19H25N. The zero-order valence-electron chi connectivity index (χ0n) is 13.2. The van der Waals surface area contributed by atoms with Crippen molar-refractivity contribution in [2.75, 3.05) is 7.05 Å². The second-order valence-electron chi connectivity index (χ2n) is 5.78. The summed E-state index contributed by atoms with van der Waals surface area (Å²) < 4.78 is 0. The third-order valence-electron chi connectivity index (χ3n) is 4.16. The molecule has 106 valence electrons. The molecule has 0 saturated heterocycles. The van der Waals surface area contributed by atoms with Crippen LogP contribution in [0.15, 0.2) is 36.4 Å². The van der Waals surface area contributed by atoms with E-state index in [1.165, 1.54) is 33.4 Å². The molecule has 2 rings (SSSR count). The Bertz CT molecular complexity index is 575. The predicted octanol–water partition coefficient (Wildman–Crippen LogP) is 4.42. The quantitative estimate of drug-likeness (QED) is 0.864. The van der Waals surface area contributed by atoms with E-state index in [1.54, 1.807) is 0 Å². The molecule has 1 N–H and O–H groups in total. The molecule has 2 aromatic rings. The average Bonchev–Trinajstić information content (AvgIpc) is 2.39. The van der Waals surface area contributed by atoms with Crippen LogP contribution in [0.3, 0.4) is 0 Å². The highest BCUT2D eigenvalue weighted by Crippen LogP contribution is 2.25. The molecule has 0 aromatic heterocycles. The smallest absolute Gasteiger partial charge is 0.0361 e. The second kappa shape index (κ2) is 6.23. The lowest BCUT2D eigenvalue weighted by atomic mass is 9.90. The van der Waals surface area contributed by atoms with Crippen molar-refractivity contribution < 1.29 is 0 Å². The van der Waals surface area contributed by atoms with Gasteiger partial charge in [-0.15, -0.1) is 0 Å². The molecule has 0 aliphatic heterocycles. The van der Waals surface area contributed by atoms with E-state index in [9.17, 15) is 0 Å². The van der Waals surface area contributed by atoms with Crippen LogP contribution in [0.1, 0.15) is 39.4 Å². The summed E-state index contributed by atoms with van der Waals surface area (Å²) in [6.45, 7) is 8.80. The molecule has 1 nitrogen and oxygen atoms in total.